The summed E-state index contributed by atoms with van der Waals surface area (Å²) in [6, 6.07) is 13.4. The Hall–Kier alpha value is -3.98. The number of nitrogens with zero attached hydrogens (tertiary/aromatic N) is 5. The van der Waals surface area contributed by atoms with E-state index in [1.165, 1.54) is 28.9 Å². The predicted molar refractivity (Wildman–Crippen MR) is 136 cm³/mol. The van der Waals surface area contributed by atoms with Crippen LogP contribution in [-0.2, 0) is 6.54 Å². The van der Waals surface area contributed by atoms with Crippen LogP contribution in [0.25, 0.3) is 22.6 Å². The lowest BCUT2D eigenvalue weighted by Gasteiger charge is -2.17. The number of benzene rings is 2. The summed E-state index contributed by atoms with van der Waals surface area (Å²) >= 11 is 0. The number of ether oxygens (including phenoxy) is 1. The van der Waals surface area contributed by atoms with Gasteiger partial charge in [-0.1, -0.05) is 18.2 Å². The molecule has 1 unspecified atom stereocenters. The number of rotatable bonds is 6. The molecule has 0 spiro atoms. The van der Waals surface area contributed by atoms with Gasteiger partial charge in [0.15, 0.2) is 11.6 Å². The van der Waals surface area contributed by atoms with Crippen molar-refractivity contribution in [3.8, 4) is 28.4 Å². The third kappa shape index (κ3) is 6.24. The molecule has 37 heavy (non-hydrogen) atoms. The molecule has 3 heterocycles. The predicted octanol–water partition coefficient (Wildman–Crippen LogP) is 4.56. The molecule has 1 atom stereocenters. The molecule has 1 aliphatic rings. The lowest BCUT2D eigenvalue weighted by Crippen LogP contribution is -2.22. The molecule has 2 aromatic heterocycles. The zero-order valence-electron chi connectivity index (χ0n) is 20.5. The van der Waals surface area contributed by atoms with Gasteiger partial charge in [0, 0.05) is 29.8 Å². The zero-order chi connectivity index (χ0) is 25.8. The van der Waals surface area contributed by atoms with Crippen molar-refractivity contribution in [3.63, 3.8) is 0 Å². The first-order chi connectivity index (χ1) is 17.9. The molecule has 1 aliphatic heterocycles. The third-order valence-electron chi connectivity index (χ3n) is 6.37. The van der Waals surface area contributed by atoms with E-state index in [4.69, 9.17) is 4.74 Å². The van der Waals surface area contributed by atoms with Gasteiger partial charge in [-0.25, -0.2) is 23.4 Å². The van der Waals surface area contributed by atoms with E-state index < -0.39 is 11.6 Å². The van der Waals surface area contributed by atoms with Crippen LogP contribution in [0.5, 0.6) is 5.75 Å². The average Bonchev–Trinajstić information content (AvgIpc) is 3.09. The Kier molecular flexibility index (Phi) is 7.32. The SMILES string of the molecule is CN1CCCC(Oc2cnc(-c3cccc(Cn4nc(-c5cc(F)cc(F)c5)ccc4=O)c3)nc2)CC1. The highest BCUT2D eigenvalue weighted by atomic mass is 19.1. The zero-order valence-corrected chi connectivity index (χ0v) is 20.5. The lowest BCUT2D eigenvalue weighted by atomic mass is 10.1. The molecule has 4 aromatic rings. The monoisotopic (exact) mass is 503 g/mol. The molecule has 7 nitrogen and oxygen atoms in total. The summed E-state index contributed by atoms with van der Waals surface area (Å²) in [4.78, 5) is 23.7. The Morgan fingerprint density at radius 1 is 0.946 bits per heavy atom. The molecular formula is C28H27F2N5O2. The molecule has 0 bridgehead atoms. The van der Waals surface area contributed by atoms with Crippen LogP contribution < -0.4 is 10.3 Å². The van der Waals surface area contributed by atoms with Crippen molar-refractivity contribution >= 4 is 0 Å². The second kappa shape index (κ2) is 11.0. The van der Waals surface area contributed by atoms with Crippen molar-refractivity contribution in [1.82, 2.24) is 24.6 Å². The molecule has 5 rings (SSSR count). The van der Waals surface area contributed by atoms with Crippen LogP contribution in [0.15, 0.2) is 71.8 Å². The first-order valence-electron chi connectivity index (χ1n) is 12.2. The Labute approximate surface area is 213 Å². The molecule has 9 heteroatoms. The molecule has 0 amide bonds. The summed E-state index contributed by atoms with van der Waals surface area (Å²) in [7, 11) is 2.13. The summed E-state index contributed by atoms with van der Waals surface area (Å²) in [6.45, 7) is 2.27. The minimum absolute atomic E-state index is 0.160. The maximum absolute atomic E-state index is 13.7. The van der Waals surface area contributed by atoms with E-state index in [1.807, 2.05) is 24.3 Å². The highest BCUT2D eigenvalue weighted by Crippen LogP contribution is 2.22. The lowest BCUT2D eigenvalue weighted by molar-refractivity contribution is 0.182. The topological polar surface area (TPSA) is 73.1 Å². The maximum Gasteiger partial charge on any atom is 0.267 e. The number of likely N-dealkylation sites (tertiary alicyclic amines) is 1. The molecule has 0 saturated carbocycles. The molecule has 1 saturated heterocycles. The van der Waals surface area contributed by atoms with Crippen LogP contribution in [0.3, 0.4) is 0 Å². The van der Waals surface area contributed by atoms with Gasteiger partial charge in [-0.2, -0.15) is 5.10 Å². The molecule has 2 aromatic carbocycles. The van der Waals surface area contributed by atoms with Gasteiger partial charge >= 0.3 is 0 Å². The summed E-state index contributed by atoms with van der Waals surface area (Å²) in [5.74, 6) is -0.226. The van der Waals surface area contributed by atoms with Crippen LogP contribution in [0.4, 0.5) is 8.78 Å². The molecule has 190 valence electrons. The van der Waals surface area contributed by atoms with Crippen molar-refractivity contribution in [3.05, 3.63) is 94.5 Å². The van der Waals surface area contributed by atoms with Gasteiger partial charge < -0.3 is 9.64 Å². The molecular weight excluding hydrogens is 476 g/mol. The van der Waals surface area contributed by atoms with E-state index >= 15 is 0 Å². The molecule has 0 radical (unpaired) electrons. The van der Waals surface area contributed by atoms with Crippen LogP contribution >= 0.6 is 0 Å². The van der Waals surface area contributed by atoms with Gasteiger partial charge in [0.05, 0.1) is 24.6 Å². The van der Waals surface area contributed by atoms with E-state index in [2.05, 4.69) is 27.0 Å². The largest absolute Gasteiger partial charge is 0.487 e. The quantitative estimate of drug-likeness (QED) is 0.384. The first kappa shape index (κ1) is 24.7. The minimum Gasteiger partial charge on any atom is -0.487 e. The van der Waals surface area contributed by atoms with Gasteiger partial charge in [-0.15, -0.1) is 0 Å². The van der Waals surface area contributed by atoms with Gasteiger partial charge in [-0.05, 0) is 62.7 Å². The Morgan fingerprint density at radius 2 is 1.73 bits per heavy atom. The first-order valence-corrected chi connectivity index (χ1v) is 12.2. The summed E-state index contributed by atoms with van der Waals surface area (Å²) < 4.78 is 34.7. The van der Waals surface area contributed by atoms with Crippen molar-refractivity contribution in [1.29, 1.82) is 0 Å². The van der Waals surface area contributed by atoms with Gasteiger partial charge in [0.1, 0.15) is 17.7 Å². The normalized spacial score (nSPS) is 16.4. The Balaban J connectivity index is 1.31. The number of hydrogen-bond acceptors (Lipinski definition) is 6. The molecule has 0 aliphatic carbocycles. The highest BCUT2D eigenvalue weighted by Gasteiger charge is 2.17. The van der Waals surface area contributed by atoms with Gasteiger partial charge in [0.2, 0.25) is 0 Å². The van der Waals surface area contributed by atoms with E-state index in [-0.39, 0.29) is 23.8 Å². The van der Waals surface area contributed by atoms with Crippen molar-refractivity contribution in [2.45, 2.75) is 31.9 Å². The van der Waals surface area contributed by atoms with E-state index in [1.54, 1.807) is 12.4 Å². The number of halogens is 2. The fraction of sp³-hybridized carbons (Fsp3) is 0.286. The fourth-order valence-electron chi connectivity index (χ4n) is 4.45. The molecule has 1 fully saturated rings. The third-order valence-corrected chi connectivity index (χ3v) is 6.37. The summed E-state index contributed by atoms with van der Waals surface area (Å²) in [5, 5.41) is 4.32. The number of aromatic nitrogens is 4. The second-order valence-electron chi connectivity index (χ2n) is 9.29. The summed E-state index contributed by atoms with van der Waals surface area (Å²) in [6.07, 6.45) is 6.63. The Bertz CT molecular complexity index is 1420. The standard InChI is InChI=1S/C28H27F2N5O2/c1-34-10-3-6-24(9-11-34)37-25-16-31-28(32-17-25)20-5-2-4-19(12-20)18-35-27(36)8-7-26(33-35)21-13-22(29)15-23(30)14-21/h2,4-5,7-8,12-17,24H,3,6,9-11,18H2,1H3. The number of hydrogen-bond donors (Lipinski definition) is 0. The van der Waals surface area contributed by atoms with Gasteiger partial charge in [0.25, 0.3) is 5.56 Å². The van der Waals surface area contributed by atoms with E-state index in [0.29, 0.717) is 17.3 Å². The second-order valence-corrected chi connectivity index (χ2v) is 9.29. The van der Waals surface area contributed by atoms with Crippen LogP contribution in [0, 0.1) is 11.6 Å². The Morgan fingerprint density at radius 3 is 2.51 bits per heavy atom. The van der Waals surface area contributed by atoms with Crippen molar-refractivity contribution in [2.24, 2.45) is 0 Å². The summed E-state index contributed by atoms with van der Waals surface area (Å²) in [5.41, 5.74) is 1.83. The van der Waals surface area contributed by atoms with E-state index in [9.17, 15) is 13.6 Å². The van der Waals surface area contributed by atoms with Crippen molar-refractivity contribution in [2.75, 3.05) is 20.1 Å². The smallest absolute Gasteiger partial charge is 0.267 e. The maximum atomic E-state index is 13.7. The van der Waals surface area contributed by atoms with Crippen LogP contribution in [0.2, 0.25) is 0 Å². The van der Waals surface area contributed by atoms with Crippen LogP contribution in [0.1, 0.15) is 24.8 Å². The fourth-order valence-corrected chi connectivity index (χ4v) is 4.45. The van der Waals surface area contributed by atoms with E-state index in [0.717, 1.165) is 49.5 Å². The minimum atomic E-state index is -0.708. The van der Waals surface area contributed by atoms with Gasteiger partial charge in [-0.3, -0.25) is 4.79 Å². The molecule has 0 N–H and O–H groups in total. The highest BCUT2D eigenvalue weighted by molar-refractivity contribution is 5.58. The average molecular weight is 504 g/mol. The van der Waals surface area contributed by atoms with Crippen molar-refractivity contribution < 1.29 is 13.5 Å². The van der Waals surface area contributed by atoms with Crippen LogP contribution in [-0.4, -0.2) is 50.9 Å².